The number of ether oxygens (including phenoxy) is 1. The van der Waals surface area contributed by atoms with Gasteiger partial charge in [0.2, 0.25) is 11.8 Å². The molecule has 0 aliphatic carbocycles. The Morgan fingerprint density at radius 3 is 2.18 bits per heavy atom. The molecule has 216 valence electrons. The van der Waals surface area contributed by atoms with Crippen LogP contribution in [-0.4, -0.2) is 39.2 Å². The first-order valence-electron chi connectivity index (χ1n) is 14.6. The Bertz CT molecular complexity index is 1190. The lowest BCUT2D eigenvalue weighted by molar-refractivity contribution is -0.135. The molecular weight excluding hydrogens is 496 g/mol. The van der Waals surface area contributed by atoms with E-state index in [1.165, 1.54) is 55.1 Å². The van der Waals surface area contributed by atoms with E-state index in [-0.39, 0.29) is 24.1 Å². The minimum atomic E-state index is -0.647. The van der Waals surface area contributed by atoms with Crippen molar-refractivity contribution in [3.8, 4) is 0 Å². The third kappa shape index (κ3) is 9.25. The number of nitrogens with zero attached hydrogens (tertiary/aromatic N) is 2. The number of nitrogens with one attached hydrogen (secondary N) is 2. The van der Waals surface area contributed by atoms with Gasteiger partial charge in [0.1, 0.15) is 11.6 Å². The maximum atomic E-state index is 12.9. The van der Waals surface area contributed by atoms with Crippen molar-refractivity contribution in [3.63, 3.8) is 0 Å². The maximum absolute atomic E-state index is 12.9. The summed E-state index contributed by atoms with van der Waals surface area (Å²) >= 11 is 0. The molecule has 3 amide bonds. The first kappa shape index (κ1) is 30.4. The molecule has 1 aliphatic rings. The number of carbonyl (C=O) groups is 3. The lowest BCUT2D eigenvalue weighted by atomic mass is 10.0. The molecule has 1 aliphatic heterocycles. The van der Waals surface area contributed by atoms with Crippen LogP contribution in [0.1, 0.15) is 109 Å². The zero-order chi connectivity index (χ0) is 28.4. The lowest BCUT2D eigenvalue weighted by Crippen LogP contribution is -2.44. The third-order valence-electron chi connectivity index (χ3n) is 7.24. The SMILES string of the molecule is Cn1c(=O)n(C2CCC(=O)NC2=O)c2ccc(CCCCCCCCCCCCNC(=O)OC(C)(C)C)cc21. The molecule has 1 aromatic carbocycles. The summed E-state index contributed by atoms with van der Waals surface area (Å²) in [6.45, 7) is 6.27. The fourth-order valence-corrected chi connectivity index (χ4v) is 5.17. The van der Waals surface area contributed by atoms with Crippen LogP contribution >= 0.6 is 0 Å². The van der Waals surface area contributed by atoms with Crippen LogP contribution < -0.4 is 16.3 Å². The number of carbonyl (C=O) groups excluding carboxylic acids is 3. The molecule has 1 aromatic heterocycles. The summed E-state index contributed by atoms with van der Waals surface area (Å²) < 4.78 is 8.36. The van der Waals surface area contributed by atoms with Crippen LogP contribution in [0.25, 0.3) is 11.0 Å². The minimum Gasteiger partial charge on any atom is -0.444 e. The first-order chi connectivity index (χ1) is 18.6. The molecule has 1 saturated heterocycles. The number of hydrogen-bond acceptors (Lipinski definition) is 5. The molecule has 3 rings (SSSR count). The van der Waals surface area contributed by atoms with Crippen molar-refractivity contribution < 1.29 is 19.1 Å². The first-order valence-corrected chi connectivity index (χ1v) is 14.6. The Morgan fingerprint density at radius 1 is 0.949 bits per heavy atom. The van der Waals surface area contributed by atoms with Gasteiger partial charge in [-0.05, 0) is 64.2 Å². The van der Waals surface area contributed by atoms with Gasteiger partial charge >= 0.3 is 11.8 Å². The number of rotatable bonds is 14. The molecule has 0 saturated carbocycles. The van der Waals surface area contributed by atoms with Crippen molar-refractivity contribution in [2.75, 3.05) is 6.54 Å². The summed E-state index contributed by atoms with van der Waals surface area (Å²) in [4.78, 5) is 48.4. The maximum Gasteiger partial charge on any atom is 0.407 e. The molecule has 0 bridgehead atoms. The van der Waals surface area contributed by atoms with Crippen LogP contribution in [0.2, 0.25) is 0 Å². The number of hydrogen-bond donors (Lipinski definition) is 2. The highest BCUT2D eigenvalue weighted by atomic mass is 16.6. The summed E-state index contributed by atoms with van der Waals surface area (Å²) in [6, 6.07) is 5.39. The largest absolute Gasteiger partial charge is 0.444 e. The highest BCUT2D eigenvalue weighted by molar-refractivity contribution is 6.00. The lowest BCUT2D eigenvalue weighted by Gasteiger charge is -2.21. The third-order valence-corrected chi connectivity index (χ3v) is 7.24. The number of benzene rings is 1. The van der Waals surface area contributed by atoms with Gasteiger partial charge in [0, 0.05) is 20.0 Å². The fraction of sp³-hybridized carbons (Fsp3) is 0.667. The second-order valence-electron chi connectivity index (χ2n) is 11.7. The van der Waals surface area contributed by atoms with E-state index in [1.54, 1.807) is 11.6 Å². The van der Waals surface area contributed by atoms with Gasteiger partial charge in [-0.2, -0.15) is 0 Å². The van der Waals surface area contributed by atoms with Crippen molar-refractivity contribution >= 4 is 28.9 Å². The van der Waals surface area contributed by atoms with E-state index >= 15 is 0 Å². The van der Waals surface area contributed by atoms with Crippen LogP contribution in [0.5, 0.6) is 0 Å². The van der Waals surface area contributed by atoms with E-state index in [0.717, 1.165) is 36.7 Å². The summed E-state index contributed by atoms with van der Waals surface area (Å²) in [5.41, 5.74) is 2.07. The van der Waals surface area contributed by atoms with E-state index < -0.39 is 17.6 Å². The van der Waals surface area contributed by atoms with Crippen LogP contribution in [0.4, 0.5) is 4.79 Å². The highest BCUT2D eigenvalue weighted by Crippen LogP contribution is 2.24. The van der Waals surface area contributed by atoms with Crippen LogP contribution in [-0.2, 0) is 27.8 Å². The van der Waals surface area contributed by atoms with Gasteiger partial charge in [0.15, 0.2) is 0 Å². The number of aromatic nitrogens is 2. The average Bonchev–Trinajstić information content (AvgIpc) is 3.10. The monoisotopic (exact) mass is 542 g/mol. The Balaban J connectivity index is 1.29. The number of unbranched alkanes of at least 4 members (excludes halogenated alkanes) is 9. The Kier molecular flexibility index (Phi) is 11.2. The van der Waals surface area contributed by atoms with Crippen molar-refractivity contribution in [3.05, 3.63) is 34.2 Å². The molecule has 39 heavy (non-hydrogen) atoms. The molecule has 2 aromatic rings. The summed E-state index contributed by atoms with van der Waals surface area (Å²) in [7, 11) is 1.73. The van der Waals surface area contributed by atoms with Crippen molar-refractivity contribution in [2.24, 2.45) is 7.05 Å². The van der Waals surface area contributed by atoms with Gasteiger partial charge in [-0.3, -0.25) is 24.0 Å². The Hall–Kier alpha value is -3.10. The number of amides is 3. The second kappa shape index (κ2) is 14.3. The quantitative estimate of drug-likeness (QED) is 0.249. The normalized spacial score (nSPS) is 15.9. The molecule has 0 spiro atoms. The Labute approximate surface area is 231 Å². The standard InChI is InChI=1S/C30H46N4O5/c1-30(2,3)39-28(37)31-20-14-12-10-8-6-5-7-9-11-13-15-22-16-17-23-25(21-22)33(4)29(38)34(23)24-18-19-26(35)32-27(24)36/h16-17,21,24H,5-15,18-20H2,1-4H3,(H,31,37)(H,32,35,36). The minimum absolute atomic E-state index is 0.228. The van der Waals surface area contributed by atoms with Crippen molar-refractivity contribution in [1.29, 1.82) is 0 Å². The number of imide groups is 1. The number of aryl methyl sites for hydroxylation is 2. The predicted molar refractivity (Wildman–Crippen MR) is 153 cm³/mol. The van der Waals surface area contributed by atoms with Crippen LogP contribution in [0.3, 0.4) is 0 Å². The molecule has 2 N–H and O–H groups in total. The summed E-state index contributed by atoms with van der Waals surface area (Å²) in [5, 5.41) is 5.16. The number of alkyl carbamates (subject to hydrolysis) is 1. The van der Waals surface area contributed by atoms with E-state index in [2.05, 4.69) is 16.7 Å². The van der Waals surface area contributed by atoms with E-state index in [1.807, 2.05) is 32.9 Å². The smallest absolute Gasteiger partial charge is 0.407 e. The second-order valence-corrected chi connectivity index (χ2v) is 11.7. The number of fused-ring (bicyclic) bond motifs is 1. The van der Waals surface area contributed by atoms with Gasteiger partial charge in [-0.1, -0.05) is 57.4 Å². The van der Waals surface area contributed by atoms with Crippen molar-refractivity contribution in [2.45, 2.75) is 116 Å². The highest BCUT2D eigenvalue weighted by Gasteiger charge is 2.31. The Morgan fingerprint density at radius 2 is 1.56 bits per heavy atom. The fourth-order valence-electron chi connectivity index (χ4n) is 5.17. The summed E-state index contributed by atoms with van der Waals surface area (Å²) in [6.07, 6.45) is 13.1. The van der Waals surface area contributed by atoms with Crippen molar-refractivity contribution in [1.82, 2.24) is 19.8 Å². The van der Waals surface area contributed by atoms with Gasteiger partial charge in [-0.25, -0.2) is 9.59 Å². The molecule has 9 nitrogen and oxygen atoms in total. The van der Waals surface area contributed by atoms with Gasteiger partial charge in [-0.15, -0.1) is 0 Å². The molecule has 2 heterocycles. The molecular formula is C30H46N4O5. The summed E-state index contributed by atoms with van der Waals surface area (Å²) in [5.74, 6) is -0.689. The van der Waals surface area contributed by atoms with E-state index in [4.69, 9.17) is 4.74 Å². The molecule has 9 heteroatoms. The van der Waals surface area contributed by atoms with E-state index in [0.29, 0.717) is 13.0 Å². The molecule has 1 unspecified atom stereocenters. The predicted octanol–water partition coefficient (Wildman–Crippen LogP) is 5.29. The van der Waals surface area contributed by atoms with Crippen LogP contribution in [0, 0.1) is 0 Å². The molecule has 1 fully saturated rings. The number of piperidine rings is 1. The average molecular weight is 543 g/mol. The molecule has 0 radical (unpaired) electrons. The number of imidazole rings is 1. The van der Waals surface area contributed by atoms with Gasteiger partial charge < -0.3 is 10.1 Å². The topological polar surface area (TPSA) is 111 Å². The van der Waals surface area contributed by atoms with Crippen LogP contribution in [0.15, 0.2) is 23.0 Å². The van der Waals surface area contributed by atoms with E-state index in [9.17, 15) is 19.2 Å². The van der Waals surface area contributed by atoms with Gasteiger partial charge in [0.25, 0.3) is 0 Å². The molecule has 1 atom stereocenters. The van der Waals surface area contributed by atoms with Gasteiger partial charge in [0.05, 0.1) is 11.0 Å². The zero-order valence-corrected chi connectivity index (χ0v) is 24.1. The zero-order valence-electron chi connectivity index (χ0n) is 24.1.